The van der Waals surface area contributed by atoms with Crippen LogP contribution in [0.15, 0.2) is 66.9 Å². The van der Waals surface area contributed by atoms with Crippen LogP contribution in [0.4, 0.5) is 11.4 Å². The molecule has 0 atom stereocenters. The summed E-state index contributed by atoms with van der Waals surface area (Å²) in [5.41, 5.74) is 3.13. The summed E-state index contributed by atoms with van der Waals surface area (Å²) >= 11 is 0. The lowest BCUT2D eigenvalue weighted by molar-refractivity contribution is 0.102. The van der Waals surface area contributed by atoms with Gasteiger partial charge in [-0.05, 0) is 47.9 Å². The molecular weight excluding hydrogens is 364 g/mol. The van der Waals surface area contributed by atoms with Gasteiger partial charge in [-0.1, -0.05) is 38.1 Å². The SMILES string of the molecule is CC(C)c1ccccc1NC(=O)c1cc(C(=O)Nc2cccc(C#N)c2)ccn1. The standard InChI is InChI=1S/C23H20N4O2/c1-15(2)19-8-3-4-9-20(19)27-23(29)21-13-17(10-11-25-21)22(28)26-18-7-5-6-16(12-18)14-24/h3-13,15H,1-2H3,(H,26,28)(H,27,29). The zero-order valence-corrected chi connectivity index (χ0v) is 16.1. The maximum atomic E-state index is 12.7. The summed E-state index contributed by atoms with van der Waals surface area (Å²) < 4.78 is 0. The molecule has 3 aromatic rings. The fourth-order valence-electron chi connectivity index (χ4n) is 2.87. The predicted molar refractivity (Wildman–Crippen MR) is 112 cm³/mol. The van der Waals surface area contributed by atoms with E-state index in [9.17, 15) is 9.59 Å². The molecule has 0 aliphatic rings. The number of nitrogens with zero attached hydrogens (tertiary/aromatic N) is 2. The lowest BCUT2D eigenvalue weighted by Crippen LogP contribution is -2.17. The second-order valence-electron chi connectivity index (χ2n) is 6.77. The monoisotopic (exact) mass is 384 g/mol. The second kappa shape index (κ2) is 8.81. The number of anilines is 2. The van der Waals surface area contributed by atoms with Crippen molar-refractivity contribution >= 4 is 23.2 Å². The molecule has 0 aliphatic carbocycles. The Morgan fingerprint density at radius 2 is 1.76 bits per heavy atom. The van der Waals surface area contributed by atoms with Gasteiger partial charge in [-0.15, -0.1) is 0 Å². The largest absolute Gasteiger partial charge is 0.322 e. The van der Waals surface area contributed by atoms with Crippen molar-refractivity contribution in [2.75, 3.05) is 10.6 Å². The number of aromatic nitrogens is 1. The number of hydrogen-bond acceptors (Lipinski definition) is 4. The molecule has 144 valence electrons. The van der Waals surface area contributed by atoms with Gasteiger partial charge in [0.25, 0.3) is 11.8 Å². The molecule has 0 aliphatic heterocycles. The van der Waals surface area contributed by atoms with Crippen molar-refractivity contribution in [2.45, 2.75) is 19.8 Å². The van der Waals surface area contributed by atoms with Crippen LogP contribution in [-0.2, 0) is 0 Å². The Morgan fingerprint density at radius 1 is 0.966 bits per heavy atom. The molecule has 2 aromatic carbocycles. The van der Waals surface area contributed by atoms with E-state index in [4.69, 9.17) is 5.26 Å². The van der Waals surface area contributed by atoms with E-state index < -0.39 is 0 Å². The van der Waals surface area contributed by atoms with Crippen molar-refractivity contribution in [3.63, 3.8) is 0 Å². The van der Waals surface area contributed by atoms with Crippen LogP contribution in [0.25, 0.3) is 0 Å². The summed E-state index contributed by atoms with van der Waals surface area (Å²) in [7, 11) is 0. The van der Waals surface area contributed by atoms with Crippen LogP contribution in [0.5, 0.6) is 0 Å². The molecule has 0 spiro atoms. The highest BCUT2D eigenvalue weighted by molar-refractivity contribution is 6.08. The Hall–Kier alpha value is -3.98. The third-order valence-electron chi connectivity index (χ3n) is 4.34. The third-order valence-corrected chi connectivity index (χ3v) is 4.34. The van der Waals surface area contributed by atoms with Crippen LogP contribution >= 0.6 is 0 Å². The van der Waals surface area contributed by atoms with E-state index in [1.807, 2.05) is 30.3 Å². The zero-order valence-electron chi connectivity index (χ0n) is 16.1. The van der Waals surface area contributed by atoms with Gasteiger partial charge in [0.15, 0.2) is 0 Å². The minimum Gasteiger partial charge on any atom is -0.322 e. The number of para-hydroxylation sites is 1. The Bertz CT molecular complexity index is 1100. The van der Waals surface area contributed by atoms with Crippen molar-refractivity contribution in [2.24, 2.45) is 0 Å². The number of nitrogens with one attached hydrogen (secondary N) is 2. The third kappa shape index (κ3) is 4.85. The Kier molecular flexibility index (Phi) is 6.00. The first kappa shape index (κ1) is 19.8. The Labute approximate surface area is 169 Å². The summed E-state index contributed by atoms with van der Waals surface area (Å²) in [6, 6.07) is 19.2. The van der Waals surface area contributed by atoms with E-state index in [2.05, 4.69) is 29.5 Å². The maximum absolute atomic E-state index is 12.7. The minimum absolute atomic E-state index is 0.141. The smallest absolute Gasteiger partial charge is 0.274 e. The Balaban J connectivity index is 1.77. The molecule has 0 fully saturated rings. The van der Waals surface area contributed by atoms with Gasteiger partial charge >= 0.3 is 0 Å². The quantitative estimate of drug-likeness (QED) is 0.673. The molecule has 0 unspecified atom stereocenters. The summed E-state index contributed by atoms with van der Waals surface area (Å²) in [5.74, 6) is -0.529. The van der Waals surface area contributed by atoms with E-state index >= 15 is 0 Å². The molecule has 0 radical (unpaired) electrons. The van der Waals surface area contributed by atoms with Gasteiger partial charge in [0.05, 0.1) is 11.6 Å². The van der Waals surface area contributed by atoms with Crippen molar-refractivity contribution in [3.05, 3.63) is 89.2 Å². The van der Waals surface area contributed by atoms with Gasteiger partial charge in [-0.3, -0.25) is 14.6 Å². The summed E-state index contributed by atoms with van der Waals surface area (Å²) in [4.78, 5) is 29.3. The fraction of sp³-hybridized carbons (Fsp3) is 0.130. The van der Waals surface area contributed by atoms with Gasteiger partial charge in [0.2, 0.25) is 0 Å². The number of benzene rings is 2. The summed E-state index contributed by atoms with van der Waals surface area (Å²) in [6.07, 6.45) is 1.42. The number of carbonyl (C=O) groups excluding carboxylic acids is 2. The average Bonchev–Trinajstić information content (AvgIpc) is 2.74. The fourth-order valence-corrected chi connectivity index (χ4v) is 2.87. The molecule has 1 aromatic heterocycles. The second-order valence-corrected chi connectivity index (χ2v) is 6.77. The van der Waals surface area contributed by atoms with Gasteiger partial charge < -0.3 is 10.6 Å². The number of rotatable bonds is 5. The predicted octanol–water partition coefficient (Wildman–Crippen LogP) is 4.58. The molecular formula is C23H20N4O2. The number of hydrogen-bond donors (Lipinski definition) is 2. The zero-order chi connectivity index (χ0) is 20.8. The van der Waals surface area contributed by atoms with Crippen LogP contribution in [-0.4, -0.2) is 16.8 Å². The summed E-state index contributed by atoms with van der Waals surface area (Å²) in [6.45, 7) is 4.10. The van der Waals surface area contributed by atoms with Crippen molar-refractivity contribution in [1.82, 2.24) is 4.98 Å². The lowest BCUT2D eigenvalue weighted by atomic mass is 10.0. The first-order valence-electron chi connectivity index (χ1n) is 9.16. The molecule has 1 heterocycles. The normalized spacial score (nSPS) is 10.3. The Morgan fingerprint density at radius 3 is 2.52 bits per heavy atom. The van der Waals surface area contributed by atoms with Gasteiger partial charge in [-0.2, -0.15) is 5.26 Å². The van der Waals surface area contributed by atoms with Crippen LogP contribution in [0.1, 0.15) is 51.7 Å². The molecule has 2 amide bonds. The van der Waals surface area contributed by atoms with Crippen molar-refractivity contribution < 1.29 is 9.59 Å². The van der Waals surface area contributed by atoms with Crippen molar-refractivity contribution in [1.29, 1.82) is 5.26 Å². The molecule has 29 heavy (non-hydrogen) atoms. The average molecular weight is 384 g/mol. The van der Waals surface area contributed by atoms with E-state index in [1.165, 1.54) is 18.3 Å². The van der Waals surface area contributed by atoms with E-state index in [-0.39, 0.29) is 23.4 Å². The number of nitriles is 1. The lowest BCUT2D eigenvalue weighted by Gasteiger charge is -2.13. The van der Waals surface area contributed by atoms with E-state index in [1.54, 1.807) is 24.3 Å². The molecule has 0 bridgehead atoms. The van der Waals surface area contributed by atoms with Crippen LogP contribution in [0.2, 0.25) is 0 Å². The number of amides is 2. The highest BCUT2D eigenvalue weighted by Crippen LogP contribution is 2.24. The number of carbonyl (C=O) groups is 2. The van der Waals surface area contributed by atoms with Crippen LogP contribution < -0.4 is 10.6 Å². The van der Waals surface area contributed by atoms with Gasteiger partial charge in [0.1, 0.15) is 5.69 Å². The molecule has 0 saturated carbocycles. The van der Waals surface area contributed by atoms with E-state index in [0.717, 1.165) is 11.3 Å². The highest BCUT2D eigenvalue weighted by Gasteiger charge is 2.14. The molecule has 3 rings (SSSR count). The topological polar surface area (TPSA) is 94.9 Å². The first-order chi connectivity index (χ1) is 14.0. The maximum Gasteiger partial charge on any atom is 0.274 e. The van der Waals surface area contributed by atoms with E-state index in [0.29, 0.717) is 16.8 Å². The van der Waals surface area contributed by atoms with Crippen LogP contribution in [0.3, 0.4) is 0 Å². The molecule has 6 heteroatoms. The number of pyridine rings is 1. The molecule has 0 saturated heterocycles. The van der Waals surface area contributed by atoms with Crippen LogP contribution in [0, 0.1) is 11.3 Å². The first-order valence-corrected chi connectivity index (χ1v) is 9.16. The summed E-state index contributed by atoms with van der Waals surface area (Å²) in [5, 5.41) is 14.6. The van der Waals surface area contributed by atoms with Gasteiger partial charge in [-0.25, -0.2) is 0 Å². The highest BCUT2D eigenvalue weighted by atomic mass is 16.2. The van der Waals surface area contributed by atoms with Crippen molar-refractivity contribution in [3.8, 4) is 6.07 Å². The molecule has 6 nitrogen and oxygen atoms in total. The molecule has 2 N–H and O–H groups in total. The minimum atomic E-state index is -0.390. The van der Waals surface area contributed by atoms with Gasteiger partial charge in [0, 0.05) is 23.1 Å².